The van der Waals surface area contributed by atoms with Crippen LogP contribution in [-0.4, -0.2) is 97.1 Å². The Bertz CT molecular complexity index is 621. The molecule has 256 valence electrons. The molecule has 0 bridgehead atoms. The number of carbonyl (C=O) groups is 2. The van der Waals surface area contributed by atoms with E-state index in [-0.39, 0.29) is 31.3 Å². The van der Waals surface area contributed by atoms with Crippen LogP contribution in [-0.2, 0) is 19.1 Å². The van der Waals surface area contributed by atoms with Crippen LogP contribution >= 0.6 is 0 Å². The molecule has 1 atom stereocenters. The minimum atomic E-state index is -0.0782. The minimum absolute atomic E-state index is 0.0564. The van der Waals surface area contributed by atoms with Gasteiger partial charge in [-0.2, -0.15) is 0 Å². The van der Waals surface area contributed by atoms with Crippen molar-refractivity contribution >= 4 is 11.9 Å². The normalized spacial score (nSPS) is 12.3. The molecular weight excluding hydrogens is 544 g/mol. The van der Waals surface area contributed by atoms with Crippen molar-refractivity contribution in [1.82, 2.24) is 9.80 Å². The van der Waals surface area contributed by atoms with Gasteiger partial charge in [0, 0.05) is 25.9 Å². The third-order valence-electron chi connectivity index (χ3n) is 8.12. The molecule has 0 heterocycles. The van der Waals surface area contributed by atoms with Crippen molar-refractivity contribution in [3.8, 4) is 0 Å². The summed E-state index contributed by atoms with van der Waals surface area (Å²) in [7, 11) is 0. The second-order valence-corrected chi connectivity index (χ2v) is 12.1. The average Bonchev–Trinajstić information content (AvgIpc) is 2.99. The highest BCUT2D eigenvalue weighted by Crippen LogP contribution is 2.11. The topological polar surface area (TPSA) is 99.5 Å². The average molecular weight is 615 g/mol. The van der Waals surface area contributed by atoms with E-state index in [4.69, 9.17) is 9.47 Å². The smallest absolute Gasteiger partial charge is 0.306 e. The lowest BCUT2D eigenvalue weighted by Gasteiger charge is -2.25. The standard InChI is InChI=1S/C35H70N2O6/c1-4-7-8-9-10-11-12-19-32-42-34(40)22-15-13-17-24-36(28-30-38)26-20-27-37(29-31-39)25-18-14-16-23-35(41)43-33(6-3)21-5-2/h33,38-39H,4-32H2,1-3H3. The van der Waals surface area contributed by atoms with Crippen molar-refractivity contribution < 1.29 is 29.3 Å². The third kappa shape index (κ3) is 28.0. The molecule has 2 N–H and O–H groups in total. The van der Waals surface area contributed by atoms with Crippen molar-refractivity contribution in [3.05, 3.63) is 0 Å². The molecule has 0 amide bonds. The first-order valence-electron chi connectivity index (χ1n) is 18.0. The van der Waals surface area contributed by atoms with Crippen molar-refractivity contribution in [2.75, 3.05) is 59.1 Å². The Balaban J connectivity index is 3.96. The fourth-order valence-corrected chi connectivity index (χ4v) is 5.44. The lowest BCUT2D eigenvalue weighted by atomic mass is 10.1. The van der Waals surface area contributed by atoms with Crippen LogP contribution in [0.25, 0.3) is 0 Å². The molecule has 1 unspecified atom stereocenters. The Labute approximate surface area is 265 Å². The van der Waals surface area contributed by atoms with Crippen LogP contribution < -0.4 is 0 Å². The first-order valence-corrected chi connectivity index (χ1v) is 18.0. The largest absolute Gasteiger partial charge is 0.466 e. The number of hydrogen-bond donors (Lipinski definition) is 2. The Hall–Kier alpha value is -1.22. The summed E-state index contributed by atoms with van der Waals surface area (Å²) in [6.45, 7) is 12.2. The Morgan fingerprint density at radius 3 is 1.56 bits per heavy atom. The zero-order chi connectivity index (χ0) is 31.8. The van der Waals surface area contributed by atoms with Crippen molar-refractivity contribution in [3.63, 3.8) is 0 Å². The molecule has 43 heavy (non-hydrogen) atoms. The van der Waals surface area contributed by atoms with E-state index in [1.54, 1.807) is 0 Å². The highest BCUT2D eigenvalue weighted by atomic mass is 16.5. The molecule has 0 fully saturated rings. The van der Waals surface area contributed by atoms with Crippen molar-refractivity contribution in [2.24, 2.45) is 0 Å². The summed E-state index contributed by atoms with van der Waals surface area (Å²) in [5, 5.41) is 19.0. The van der Waals surface area contributed by atoms with Gasteiger partial charge >= 0.3 is 11.9 Å². The molecule has 0 radical (unpaired) electrons. The molecular formula is C35H70N2O6. The molecule has 0 rings (SSSR count). The summed E-state index contributed by atoms with van der Waals surface area (Å²) < 4.78 is 11.0. The molecule has 0 aliphatic carbocycles. The summed E-state index contributed by atoms with van der Waals surface area (Å²) in [5.41, 5.74) is 0. The number of aliphatic hydroxyl groups is 2. The Morgan fingerprint density at radius 2 is 1.05 bits per heavy atom. The van der Waals surface area contributed by atoms with Gasteiger partial charge < -0.3 is 29.5 Å². The van der Waals surface area contributed by atoms with Crippen LogP contribution in [0.15, 0.2) is 0 Å². The Kier molecular flexibility index (Phi) is 31.3. The maximum Gasteiger partial charge on any atom is 0.306 e. The van der Waals surface area contributed by atoms with Gasteiger partial charge in [-0.15, -0.1) is 0 Å². The molecule has 0 spiro atoms. The first kappa shape index (κ1) is 41.8. The van der Waals surface area contributed by atoms with Gasteiger partial charge in [-0.1, -0.05) is 85.0 Å². The third-order valence-corrected chi connectivity index (χ3v) is 8.12. The summed E-state index contributed by atoms with van der Waals surface area (Å²) in [6, 6.07) is 0. The van der Waals surface area contributed by atoms with Gasteiger partial charge in [-0.25, -0.2) is 0 Å². The second-order valence-electron chi connectivity index (χ2n) is 12.1. The van der Waals surface area contributed by atoms with Gasteiger partial charge in [0.15, 0.2) is 0 Å². The molecule has 0 aliphatic rings. The van der Waals surface area contributed by atoms with Crippen molar-refractivity contribution in [1.29, 1.82) is 0 Å². The summed E-state index contributed by atoms with van der Waals surface area (Å²) >= 11 is 0. The number of nitrogens with zero attached hydrogens (tertiary/aromatic N) is 2. The van der Waals surface area contributed by atoms with Crippen LogP contribution in [0, 0.1) is 0 Å². The molecule has 0 aliphatic heterocycles. The van der Waals surface area contributed by atoms with E-state index < -0.39 is 0 Å². The fourth-order valence-electron chi connectivity index (χ4n) is 5.44. The van der Waals surface area contributed by atoms with Gasteiger partial charge in [-0.3, -0.25) is 9.59 Å². The number of aliphatic hydroxyl groups excluding tert-OH is 2. The SMILES string of the molecule is CCCCCCCCCCOC(=O)CCCCCN(CCO)CCCN(CCO)CCCCCC(=O)OC(CC)CCC. The quantitative estimate of drug-likeness (QED) is 0.0609. The molecule has 0 aromatic heterocycles. The maximum atomic E-state index is 12.1. The number of unbranched alkanes of at least 4 members (excludes halogenated alkanes) is 11. The minimum Gasteiger partial charge on any atom is -0.466 e. The highest BCUT2D eigenvalue weighted by molar-refractivity contribution is 5.69. The van der Waals surface area contributed by atoms with E-state index in [9.17, 15) is 19.8 Å². The summed E-state index contributed by atoms with van der Waals surface area (Å²) in [4.78, 5) is 28.7. The van der Waals surface area contributed by atoms with E-state index in [0.29, 0.717) is 32.5 Å². The summed E-state index contributed by atoms with van der Waals surface area (Å²) in [5.74, 6) is -0.151. The van der Waals surface area contributed by atoms with E-state index in [1.165, 1.54) is 38.5 Å². The van der Waals surface area contributed by atoms with E-state index in [0.717, 1.165) is 103 Å². The number of hydrogen-bond acceptors (Lipinski definition) is 8. The van der Waals surface area contributed by atoms with E-state index in [2.05, 4.69) is 30.6 Å². The predicted molar refractivity (Wildman–Crippen MR) is 177 cm³/mol. The van der Waals surface area contributed by atoms with E-state index in [1.807, 2.05) is 0 Å². The zero-order valence-corrected chi connectivity index (χ0v) is 28.5. The van der Waals surface area contributed by atoms with Crippen molar-refractivity contribution in [2.45, 2.75) is 155 Å². The Morgan fingerprint density at radius 1 is 0.558 bits per heavy atom. The number of carbonyl (C=O) groups excluding carboxylic acids is 2. The number of ether oxygens (including phenoxy) is 2. The molecule has 8 heteroatoms. The van der Waals surface area contributed by atoms with Crippen LogP contribution in [0.4, 0.5) is 0 Å². The monoisotopic (exact) mass is 615 g/mol. The van der Waals surface area contributed by atoms with Crippen LogP contribution in [0.5, 0.6) is 0 Å². The zero-order valence-electron chi connectivity index (χ0n) is 28.5. The molecule has 0 saturated carbocycles. The number of esters is 2. The molecule has 0 aromatic carbocycles. The number of rotatable bonds is 33. The molecule has 0 aromatic rings. The van der Waals surface area contributed by atoms with Gasteiger partial charge in [-0.05, 0) is 77.5 Å². The fraction of sp³-hybridized carbons (Fsp3) is 0.943. The first-order chi connectivity index (χ1) is 21.0. The molecule has 8 nitrogen and oxygen atoms in total. The van der Waals surface area contributed by atoms with Crippen LogP contribution in [0.3, 0.4) is 0 Å². The van der Waals surface area contributed by atoms with Crippen LogP contribution in [0.1, 0.15) is 149 Å². The lowest BCUT2D eigenvalue weighted by molar-refractivity contribution is -0.149. The van der Waals surface area contributed by atoms with Gasteiger partial charge in [0.1, 0.15) is 6.10 Å². The lowest BCUT2D eigenvalue weighted by Crippen LogP contribution is -2.34. The van der Waals surface area contributed by atoms with Crippen LogP contribution in [0.2, 0.25) is 0 Å². The highest BCUT2D eigenvalue weighted by Gasteiger charge is 2.12. The summed E-state index contributed by atoms with van der Waals surface area (Å²) in [6.07, 6.45) is 20.5. The maximum absolute atomic E-state index is 12.1. The predicted octanol–water partition coefficient (Wildman–Crippen LogP) is 6.89. The van der Waals surface area contributed by atoms with Gasteiger partial charge in [0.2, 0.25) is 0 Å². The van der Waals surface area contributed by atoms with Gasteiger partial charge in [0.25, 0.3) is 0 Å². The van der Waals surface area contributed by atoms with E-state index >= 15 is 0 Å². The van der Waals surface area contributed by atoms with Gasteiger partial charge in [0.05, 0.1) is 19.8 Å². The molecule has 0 saturated heterocycles. The second kappa shape index (κ2) is 32.2.